The zero-order valence-electron chi connectivity index (χ0n) is 23.6. The Morgan fingerprint density at radius 3 is 1.67 bits per heavy atom. The minimum Gasteiger partial charge on any atom is -0.480 e. The SMILES string of the molecule is CC(C)(C)OC(=O)NCCC[C@@H](N)C(=O)N[C@H](CCCNC(=O)OC(C)(C)C)C(=O)NCC(=O)NCC(=O)O. The van der Waals surface area contributed by atoms with Crippen LogP contribution in [0.2, 0.25) is 0 Å². The number of carbonyl (C=O) groups excluding carboxylic acids is 5. The first-order valence-electron chi connectivity index (χ1n) is 12.7. The van der Waals surface area contributed by atoms with Crippen LogP contribution in [-0.4, -0.2) is 90.4 Å². The van der Waals surface area contributed by atoms with Gasteiger partial charge in [0.05, 0.1) is 12.6 Å². The van der Waals surface area contributed by atoms with Crippen LogP contribution in [0, 0.1) is 0 Å². The molecule has 8 N–H and O–H groups in total. The summed E-state index contributed by atoms with van der Waals surface area (Å²) < 4.78 is 10.3. The predicted molar refractivity (Wildman–Crippen MR) is 141 cm³/mol. The summed E-state index contributed by atoms with van der Waals surface area (Å²) in [5, 5.41) is 20.7. The third kappa shape index (κ3) is 20.1. The van der Waals surface area contributed by atoms with Crippen LogP contribution in [0.25, 0.3) is 0 Å². The molecule has 0 spiro atoms. The van der Waals surface area contributed by atoms with Crippen LogP contribution in [-0.2, 0) is 28.7 Å². The van der Waals surface area contributed by atoms with E-state index >= 15 is 0 Å². The number of rotatable bonds is 15. The van der Waals surface area contributed by atoms with E-state index in [0.29, 0.717) is 6.42 Å². The molecule has 0 bridgehead atoms. The van der Waals surface area contributed by atoms with E-state index in [2.05, 4.69) is 26.6 Å². The van der Waals surface area contributed by atoms with E-state index in [1.807, 2.05) is 0 Å². The van der Waals surface area contributed by atoms with E-state index in [0.717, 1.165) is 0 Å². The van der Waals surface area contributed by atoms with Crippen LogP contribution < -0.4 is 32.3 Å². The molecule has 5 amide bonds. The number of nitrogens with two attached hydrogens (primary N) is 1. The number of alkyl carbamates (subject to hydrolysis) is 2. The average molecular weight is 561 g/mol. The molecule has 0 saturated carbocycles. The Morgan fingerprint density at radius 2 is 1.21 bits per heavy atom. The number of hydrogen-bond donors (Lipinski definition) is 7. The minimum absolute atomic E-state index is 0.0943. The van der Waals surface area contributed by atoms with Gasteiger partial charge >= 0.3 is 18.2 Å². The zero-order chi connectivity index (χ0) is 30.2. The lowest BCUT2D eigenvalue weighted by atomic mass is 10.1. The summed E-state index contributed by atoms with van der Waals surface area (Å²) in [7, 11) is 0. The van der Waals surface area contributed by atoms with Crippen molar-refractivity contribution in [2.45, 2.75) is 90.5 Å². The molecule has 0 aliphatic heterocycles. The molecule has 0 radical (unpaired) electrons. The van der Waals surface area contributed by atoms with Crippen LogP contribution in [0.15, 0.2) is 0 Å². The van der Waals surface area contributed by atoms with Gasteiger partial charge in [-0.25, -0.2) is 9.59 Å². The Balaban J connectivity index is 4.87. The fraction of sp³-hybridized carbons (Fsp3) is 0.750. The monoisotopic (exact) mass is 560 g/mol. The van der Waals surface area contributed by atoms with Gasteiger partial charge < -0.3 is 46.9 Å². The Morgan fingerprint density at radius 1 is 0.718 bits per heavy atom. The van der Waals surface area contributed by atoms with Gasteiger partial charge in [0, 0.05) is 13.1 Å². The molecule has 0 unspecified atom stereocenters. The number of ether oxygens (including phenoxy) is 2. The molecule has 0 heterocycles. The summed E-state index contributed by atoms with van der Waals surface area (Å²) in [4.78, 5) is 71.1. The van der Waals surface area contributed by atoms with Gasteiger partial charge in [-0.3, -0.25) is 19.2 Å². The zero-order valence-corrected chi connectivity index (χ0v) is 23.6. The molecular weight excluding hydrogens is 516 g/mol. The Hall–Kier alpha value is -3.62. The summed E-state index contributed by atoms with van der Waals surface area (Å²) in [6.45, 7) is 9.60. The standard InChI is InChI=1S/C24H44N6O9/c1-23(2,3)38-21(36)26-11-7-9-15(25)19(34)30-16(10-8-12-27-22(37)39-24(4,5)6)20(35)29-13-17(31)28-14-18(32)33/h15-16H,7-14,25H2,1-6H3,(H,26,36)(H,27,37)(H,28,31)(H,29,35)(H,30,34)(H,32,33)/t15-,16-/m1/s1. The van der Waals surface area contributed by atoms with E-state index in [1.165, 1.54) is 0 Å². The maximum atomic E-state index is 12.7. The van der Waals surface area contributed by atoms with Crippen molar-refractivity contribution in [2.24, 2.45) is 5.73 Å². The van der Waals surface area contributed by atoms with E-state index in [1.54, 1.807) is 41.5 Å². The van der Waals surface area contributed by atoms with Crippen molar-refractivity contribution < 1.29 is 43.3 Å². The third-order valence-electron chi connectivity index (χ3n) is 4.53. The molecule has 39 heavy (non-hydrogen) atoms. The molecule has 0 rings (SSSR count). The van der Waals surface area contributed by atoms with Crippen molar-refractivity contribution in [3.63, 3.8) is 0 Å². The van der Waals surface area contributed by atoms with Crippen LogP contribution in [0.1, 0.15) is 67.2 Å². The topological polar surface area (TPSA) is 227 Å². The molecule has 2 atom stereocenters. The quantitative estimate of drug-likeness (QED) is 0.130. The Labute approximate surface area is 228 Å². The molecule has 0 aliphatic rings. The van der Waals surface area contributed by atoms with Gasteiger partial charge in [0.2, 0.25) is 17.7 Å². The molecule has 15 nitrogen and oxygen atoms in total. The molecule has 224 valence electrons. The van der Waals surface area contributed by atoms with E-state index in [4.69, 9.17) is 20.3 Å². The summed E-state index contributed by atoms with van der Waals surface area (Å²) >= 11 is 0. The van der Waals surface area contributed by atoms with Crippen LogP contribution in [0.5, 0.6) is 0 Å². The predicted octanol–water partition coefficient (Wildman–Crippen LogP) is -0.275. The van der Waals surface area contributed by atoms with Crippen molar-refractivity contribution in [1.82, 2.24) is 26.6 Å². The second-order valence-electron chi connectivity index (χ2n) is 10.7. The fourth-order valence-corrected chi connectivity index (χ4v) is 2.84. The highest BCUT2D eigenvalue weighted by atomic mass is 16.6. The molecule has 0 aliphatic carbocycles. The fourth-order valence-electron chi connectivity index (χ4n) is 2.84. The number of carboxylic acids is 1. The van der Waals surface area contributed by atoms with Crippen molar-refractivity contribution in [3.8, 4) is 0 Å². The first-order chi connectivity index (χ1) is 17.9. The van der Waals surface area contributed by atoms with Crippen molar-refractivity contribution in [1.29, 1.82) is 0 Å². The van der Waals surface area contributed by atoms with Gasteiger partial charge in [0.15, 0.2) is 0 Å². The largest absolute Gasteiger partial charge is 0.480 e. The number of hydrogen-bond acceptors (Lipinski definition) is 9. The van der Waals surface area contributed by atoms with E-state index in [-0.39, 0.29) is 32.4 Å². The van der Waals surface area contributed by atoms with Gasteiger partial charge in [-0.05, 0) is 67.2 Å². The molecule has 0 aromatic heterocycles. The molecular formula is C24H44N6O9. The highest BCUT2D eigenvalue weighted by molar-refractivity contribution is 5.92. The number of carboxylic acid groups (broad SMARTS) is 1. The number of aliphatic carboxylic acids is 1. The Kier molecular flexibility index (Phi) is 15.5. The lowest BCUT2D eigenvalue weighted by Gasteiger charge is -2.22. The maximum absolute atomic E-state index is 12.7. The smallest absolute Gasteiger partial charge is 0.407 e. The lowest BCUT2D eigenvalue weighted by molar-refractivity contribution is -0.138. The van der Waals surface area contributed by atoms with Gasteiger partial charge in [-0.15, -0.1) is 0 Å². The summed E-state index contributed by atoms with van der Waals surface area (Å²) in [5.74, 6) is -3.28. The second-order valence-corrected chi connectivity index (χ2v) is 10.7. The van der Waals surface area contributed by atoms with Crippen LogP contribution >= 0.6 is 0 Å². The van der Waals surface area contributed by atoms with Crippen molar-refractivity contribution in [3.05, 3.63) is 0 Å². The summed E-state index contributed by atoms with van der Waals surface area (Å²) in [6.07, 6.45) is -0.286. The van der Waals surface area contributed by atoms with Crippen molar-refractivity contribution >= 4 is 35.9 Å². The van der Waals surface area contributed by atoms with Gasteiger partial charge in [-0.2, -0.15) is 0 Å². The van der Waals surface area contributed by atoms with Crippen LogP contribution in [0.3, 0.4) is 0 Å². The van der Waals surface area contributed by atoms with E-state index < -0.39 is 72.3 Å². The molecule has 0 saturated heterocycles. The molecule has 15 heteroatoms. The highest BCUT2D eigenvalue weighted by Crippen LogP contribution is 2.08. The summed E-state index contributed by atoms with van der Waals surface area (Å²) in [5.41, 5.74) is 4.62. The average Bonchev–Trinajstić information content (AvgIpc) is 2.78. The van der Waals surface area contributed by atoms with Crippen molar-refractivity contribution in [2.75, 3.05) is 26.2 Å². The van der Waals surface area contributed by atoms with Gasteiger partial charge in [0.1, 0.15) is 23.8 Å². The third-order valence-corrected chi connectivity index (χ3v) is 4.53. The first-order valence-corrected chi connectivity index (χ1v) is 12.7. The van der Waals surface area contributed by atoms with Gasteiger partial charge in [-0.1, -0.05) is 0 Å². The molecule has 0 aromatic carbocycles. The normalized spacial score (nSPS) is 12.8. The maximum Gasteiger partial charge on any atom is 0.407 e. The molecule has 0 aromatic rings. The number of amides is 5. The first kappa shape index (κ1) is 35.4. The number of nitrogens with one attached hydrogen (secondary N) is 5. The minimum atomic E-state index is -1.24. The van der Waals surface area contributed by atoms with Gasteiger partial charge in [0.25, 0.3) is 0 Å². The van der Waals surface area contributed by atoms with Crippen LogP contribution in [0.4, 0.5) is 9.59 Å². The number of carbonyl (C=O) groups is 6. The molecule has 0 fully saturated rings. The second kappa shape index (κ2) is 17.1. The van der Waals surface area contributed by atoms with E-state index in [9.17, 15) is 28.8 Å². The summed E-state index contributed by atoms with van der Waals surface area (Å²) in [6, 6.07) is -2.07. The highest BCUT2D eigenvalue weighted by Gasteiger charge is 2.24. The lowest BCUT2D eigenvalue weighted by Crippen LogP contribution is -2.53. The Bertz CT molecular complexity index is 852.